The van der Waals surface area contributed by atoms with Crippen molar-refractivity contribution in [3.63, 3.8) is 0 Å². The largest absolute Gasteiger partial charge is 0.347 e. The zero-order chi connectivity index (χ0) is 17.3. The molecule has 0 bridgehead atoms. The first-order valence-corrected chi connectivity index (χ1v) is 6.69. The lowest BCUT2D eigenvalue weighted by atomic mass is 10.1. The number of anilines is 2. The molecule has 1 aromatic carbocycles. The molecule has 0 saturated carbocycles. The van der Waals surface area contributed by atoms with Gasteiger partial charge in [0, 0.05) is 14.1 Å². The number of nitrogens with zero attached hydrogens (tertiary/aromatic N) is 3. The second kappa shape index (κ2) is 6.23. The first-order chi connectivity index (χ1) is 10.7. The molecule has 23 heavy (non-hydrogen) atoms. The van der Waals surface area contributed by atoms with Gasteiger partial charge >= 0.3 is 0 Å². The Bertz CT molecular complexity index is 755. The van der Waals surface area contributed by atoms with Crippen molar-refractivity contribution in [1.29, 1.82) is 0 Å². The van der Waals surface area contributed by atoms with Crippen LogP contribution in [0.25, 0.3) is 0 Å². The Morgan fingerprint density at radius 3 is 2.13 bits per heavy atom. The maximum absolute atomic E-state index is 13.7. The van der Waals surface area contributed by atoms with E-state index in [1.54, 1.807) is 32.8 Å². The third-order valence-electron chi connectivity index (χ3n) is 3.18. The summed E-state index contributed by atoms with van der Waals surface area (Å²) < 4.78 is 39.8. The summed E-state index contributed by atoms with van der Waals surface area (Å²) in [4.78, 5) is 22.2. The van der Waals surface area contributed by atoms with E-state index in [2.05, 4.69) is 15.3 Å². The zero-order valence-corrected chi connectivity index (χ0v) is 13.0. The molecule has 0 radical (unpaired) electrons. The van der Waals surface area contributed by atoms with Crippen molar-refractivity contribution in [3.8, 4) is 0 Å². The molecule has 0 saturated heterocycles. The topological polar surface area (TPSA) is 58.1 Å². The fourth-order valence-corrected chi connectivity index (χ4v) is 1.96. The van der Waals surface area contributed by atoms with E-state index in [1.165, 1.54) is 0 Å². The summed E-state index contributed by atoms with van der Waals surface area (Å²) in [5.74, 6) is -5.04. The van der Waals surface area contributed by atoms with Crippen LogP contribution in [0.3, 0.4) is 0 Å². The van der Waals surface area contributed by atoms with Gasteiger partial charge in [-0.2, -0.15) is 0 Å². The van der Waals surface area contributed by atoms with Gasteiger partial charge in [0.15, 0.2) is 17.5 Å². The highest BCUT2D eigenvalue weighted by atomic mass is 19.2. The molecule has 122 valence electrons. The van der Waals surface area contributed by atoms with E-state index in [0.717, 1.165) is 6.07 Å². The lowest BCUT2D eigenvalue weighted by Gasteiger charge is -2.16. The van der Waals surface area contributed by atoms with Crippen molar-refractivity contribution < 1.29 is 18.0 Å². The number of benzene rings is 1. The molecule has 2 rings (SSSR count). The number of hydrogen-bond acceptors (Lipinski definition) is 4. The number of carbonyl (C=O) groups is 1. The first-order valence-electron chi connectivity index (χ1n) is 6.69. The van der Waals surface area contributed by atoms with Crippen LogP contribution in [0, 0.1) is 31.3 Å². The first kappa shape index (κ1) is 16.7. The molecule has 1 heterocycles. The normalized spacial score (nSPS) is 10.6. The molecule has 1 N–H and O–H groups in total. The van der Waals surface area contributed by atoms with Crippen LogP contribution in [-0.4, -0.2) is 30.0 Å². The van der Waals surface area contributed by atoms with Crippen molar-refractivity contribution in [1.82, 2.24) is 9.97 Å². The molecule has 0 atom stereocenters. The minimum Gasteiger partial charge on any atom is -0.347 e. The van der Waals surface area contributed by atoms with Crippen molar-refractivity contribution in [2.75, 3.05) is 24.3 Å². The van der Waals surface area contributed by atoms with Gasteiger partial charge in [-0.3, -0.25) is 4.79 Å². The highest BCUT2D eigenvalue weighted by Gasteiger charge is 2.20. The molecule has 0 aliphatic heterocycles. The third kappa shape index (κ3) is 3.25. The van der Waals surface area contributed by atoms with Crippen LogP contribution in [0.15, 0.2) is 12.1 Å². The van der Waals surface area contributed by atoms with Gasteiger partial charge < -0.3 is 10.2 Å². The molecule has 0 aliphatic rings. The molecule has 2 aromatic rings. The number of aromatic nitrogens is 2. The van der Waals surface area contributed by atoms with E-state index < -0.39 is 28.9 Å². The highest BCUT2D eigenvalue weighted by molar-refractivity contribution is 6.05. The van der Waals surface area contributed by atoms with Crippen LogP contribution in [0.1, 0.15) is 21.7 Å². The maximum atomic E-state index is 13.7. The number of carbonyl (C=O) groups excluding carboxylic acids is 1. The van der Waals surface area contributed by atoms with Crippen LogP contribution in [0.2, 0.25) is 0 Å². The molecule has 0 aliphatic carbocycles. The predicted molar refractivity (Wildman–Crippen MR) is 80.1 cm³/mol. The average molecular weight is 324 g/mol. The van der Waals surface area contributed by atoms with Crippen molar-refractivity contribution in [2.45, 2.75) is 13.8 Å². The minimum absolute atomic E-state index is 0.296. The molecule has 8 heteroatoms. The SMILES string of the molecule is Cc1nc(N(C)C)nc(C)c1NC(=O)c1ccc(F)c(F)c1F. The Morgan fingerprint density at radius 2 is 1.61 bits per heavy atom. The predicted octanol–water partition coefficient (Wildman–Crippen LogP) is 2.83. The molecule has 1 amide bonds. The lowest BCUT2D eigenvalue weighted by molar-refractivity contribution is 0.102. The molecule has 0 spiro atoms. The van der Waals surface area contributed by atoms with Gasteiger partial charge in [-0.1, -0.05) is 0 Å². The lowest BCUT2D eigenvalue weighted by Crippen LogP contribution is -2.19. The monoisotopic (exact) mass is 324 g/mol. The summed E-state index contributed by atoms with van der Waals surface area (Å²) in [6.45, 7) is 3.30. The summed E-state index contributed by atoms with van der Waals surface area (Å²) in [6.07, 6.45) is 0. The van der Waals surface area contributed by atoms with E-state index >= 15 is 0 Å². The van der Waals surface area contributed by atoms with E-state index in [1.807, 2.05) is 0 Å². The number of rotatable bonds is 3. The quantitative estimate of drug-likeness (QED) is 0.882. The van der Waals surface area contributed by atoms with Gasteiger partial charge in [-0.05, 0) is 26.0 Å². The molecule has 5 nitrogen and oxygen atoms in total. The number of aryl methyl sites for hydroxylation is 2. The van der Waals surface area contributed by atoms with Gasteiger partial charge in [0.25, 0.3) is 5.91 Å². The Hall–Kier alpha value is -2.64. The third-order valence-corrected chi connectivity index (χ3v) is 3.18. The summed E-state index contributed by atoms with van der Waals surface area (Å²) in [5.41, 5.74) is 0.638. The highest BCUT2D eigenvalue weighted by Crippen LogP contribution is 2.22. The molecular weight excluding hydrogens is 309 g/mol. The molecule has 0 unspecified atom stereocenters. The maximum Gasteiger partial charge on any atom is 0.258 e. The molecule has 1 aromatic heterocycles. The van der Waals surface area contributed by atoms with Crippen molar-refractivity contribution >= 4 is 17.5 Å². The van der Waals surface area contributed by atoms with E-state index in [0.29, 0.717) is 29.1 Å². The smallest absolute Gasteiger partial charge is 0.258 e. The summed E-state index contributed by atoms with van der Waals surface area (Å²) in [7, 11) is 3.53. The van der Waals surface area contributed by atoms with Crippen LogP contribution in [0.5, 0.6) is 0 Å². The van der Waals surface area contributed by atoms with Gasteiger partial charge in [-0.15, -0.1) is 0 Å². The number of nitrogens with one attached hydrogen (secondary N) is 1. The van der Waals surface area contributed by atoms with Crippen molar-refractivity contribution in [2.24, 2.45) is 0 Å². The Balaban J connectivity index is 2.36. The number of hydrogen-bond donors (Lipinski definition) is 1. The molecular formula is C15H15F3N4O. The van der Waals surface area contributed by atoms with Crippen molar-refractivity contribution in [3.05, 3.63) is 46.5 Å². The van der Waals surface area contributed by atoms with E-state index in [-0.39, 0.29) is 0 Å². The Kier molecular flexibility index (Phi) is 4.53. The summed E-state index contributed by atoms with van der Waals surface area (Å²) in [6, 6.07) is 1.57. The average Bonchev–Trinajstić information content (AvgIpc) is 2.48. The summed E-state index contributed by atoms with van der Waals surface area (Å²) >= 11 is 0. The van der Waals surface area contributed by atoms with E-state index in [4.69, 9.17) is 0 Å². The number of amides is 1. The van der Waals surface area contributed by atoms with Gasteiger partial charge in [0.1, 0.15) is 0 Å². The second-order valence-corrected chi connectivity index (χ2v) is 5.14. The fourth-order valence-electron chi connectivity index (χ4n) is 1.96. The zero-order valence-electron chi connectivity index (χ0n) is 13.0. The van der Waals surface area contributed by atoms with Gasteiger partial charge in [0.2, 0.25) is 5.95 Å². The van der Waals surface area contributed by atoms with Gasteiger partial charge in [0.05, 0.1) is 22.6 Å². The summed E-state index contributed by atoms with van der Waals surface area (Å²) in [5, 5.41) is 2.44. The van der Waals surface area contributed by atoms with Crippen LogP contribution in [0.4, 0.5) is 24.8 Å². The Morgan fingerprint density at radius 1 is 1.04 bits per heavy atom. The minimum atomic E-state index is -1.69. The standard InChI is InChI=1S/C15H15F3N4O/c1-7-13(8(2)20-15(19-7)22(3)4)21-14(23)9-5-6-10(16)12(18)11(9)17/h5-6H,1-4H3,(H,21,23). The van der Waals surface area contributed by atoms with E-state index in [9.17, 15) is 18.0 Å². The number of halogens is 3. The van der Waals surface area contributed by atoms with Crippen LogP contribution >= 0.6 is 0 Å². The second-order valence-electron chi connectivity index (χ2n) is 5.14. The van der Waals surface area contributed by atoms with Crippen LogP contribution in [-0.2, 0) is 0 Å². The Labute approximate surface area is 131 Å². The fraction of sp³-hybridized carbons (Fsp3) is 0.267. The van der Waals surface area contributed by atoms with Crippen LogP contribution < -0.4 is 10.2 Å². The molecule has 0 fully saturated rings. The van der Waals surface area contributed by atoms with Gasteiger partial charge in [-0.25, -0.2) is 23.1 Å².